The number of halogens is 1. The molecule has 0 saturated carbocycles. The molecule has 10 heteroatoms. The van der Waals surface area contributed by atoms with Crippen LogP contribution in [0.5, 0.6) is 0 Å². The van der Waals surface area contributed by atoms with E-state index in [1.165, 1.54) is 12.8 Å². The molecule has 0 radical (unpaired) electrons. The summed E-state index contributed by atoms with van der Waals surface area (Å²) in [7, 11) is 0.611. The van der Waals surface area contributed by atoms with Crippen LogP contribution in [0.1, 0.15) is 32.6 Å². The molecule has 0 spiro atoms. The Morgan fingerprint density at radius 3 is 2.47 bits per heavy atom. The minimum atomic E-state index is -1.22. The molecule has 8 nitrogen and oxygen atoms in total. The highest BCUT2D eigenvalue weighted by atomic mass is 35.5. The molecule has 3 aromatic heterocycles. The number of benzene rings is 1. The van der Waals surface area contributed by atoms with Crippen molar-refractivity contribution in [2.24, 2.45) is 7.05 Å². The highest BCUT2D eigenvalue weighted by molar-refractivity contribution is 6.76. The summed E-state index contributed by atoms with van der Waals surface area (Å²) in [4.78, 5) is 21.3. The molecular weight excluding hydrogens is 516 g/mol. The highest BCUT2D eigenvalue weighted by Gasteiger charge is 2.24. The lowest BCUT2D eigenvalue weighted by Gasteiger charge is -2.23. The van der Waals surface area contributed by atoms with Crippen LogP contribution in [-0.4, -0.2) is 51.7 Å². The van der Waals surface area contributed by atoms with Gasteiger partial charge in [-0.2, -0.15) is 10.1 Å². The van der Waals surface area contributed by atoms with Crippen LogP contribution in [-0.2, 0) is 25.1 Å². The van der Waals surface area contributed by atoms with E-state index in [2.05, 4.69) is 29.6 Å². The van der Waals surface area contributed by atoms with Gasteiger partial charge in [0.25, 0.3) is 5.56 Å². The summed E-state index contributed by atoms with van der Waals surface area (Å²) in [5.74, 6) is 0.725. The van der Waals surface area contributed by atoms with Gasteiger partial charge in [0.15, 0.2) is 5.65 Å². The van der Waals surface area contributed by atoms with Crippen LogP contribution in [0.25, 0.3) is 33.1 Å². The lowest BCUT2D eigenvalue weighted by Crippen LogP contribution is -2.32. The van der Waals surface area contributed by atoms with Crippen molar-refractivity contribution in [3.8, 4) is 11.1 Å². The Morgan fingerprint density at radius 2 is 1.79 bits per heavy atom. The molecule has 5 rings (SSSR count). The predicted octanol–water partition coefficient (Wildman–Crippen LogP) is 6.12. The van der Waals surface area contributed by atoms with Gasteiger partial charge in [-0.15, -0.1) is 0 Å². The molecule has 38 heavy (non-hydrogen) atoms. The highest BCUT2D eigenvalue weighted by Crippen LogP contribution is 2.37. The molecule has 1 saturated heterocycles. The van der Waals surface area contributed by atoms with Crippen molar-refractivity contribution in [2.45, 2.75) is 71.6 Å². The molecule has 0 unspecified atom stereocenters. The minimum absolute atomic E-state index is 0.0643. The quantitative estimate of drug-likeness (QED) is 0.194. The zero-order valence-electron chi connectivity index (χ0n) is 23.3. The van der Waals surface area contributed by atoms with Crippen molar-refractivity contribution in [1.29, 1.82) is 0 Å². The first-order valence-corrected chi connectivity index (χ1v) is 17.8. The van der Waals surface area contributed by atoms with Crippen molar-refractivity contribution in [1.82, 2.24) is 23.9 Å². The third-order valence-electron chi connectivity index (χ3n) is 7.48. The largest absolute Gasteiger partial charge is 0.361 e. The molecular formula is C28H39ClN6O2Si. The van der Waals surface area contributed by atoms with Crippen LogP contribution in [0.2, 0.25) is 30.7 Å². The molecule has 204 valence electrons. The number of aryl methyl sites for hydroxylation is 1. The van der Waals surface area contributed by atoms with Crippen molar-refractivity contribution in [3.63, 3.8) is 0 Å². The summed E-state index contributed by atoms with van der Waals surface area (Å²) in [6.07, 6.45) is 8.61. The fourth-order valence-electron chi connectivity index (χ4n) is 5.18. The first kappa shape index (κ1) is 27.0. The molecule has 0 N–H and O–H groups in total. The first-order valence-electron chi connectivity index (χ1n) is 13.8. The van der Waals surface area contributed by atoms with Gasteiger partial charge in [0.05, 0.1) is 15.9 Å². The SMILES string of the molecule is CCn1cc2c(Cl)c(-c3cn(COCC[Si](C)(C)C)c4nc(N5CCCCCC5)n(C)c(=O)c34)ccc2n1. The summed E-state index contributed by atoms with van der Waals surface area (Å²) in [6.45, 7) is 12.7. The van der Waals surface area contributed by atoms with E-state index in [0.29, 0.717) is 29.4 Å². The third-order valence-corrected chi connectivity index (χ3v) is 9.59. The van der Waals surface area contributed by atoms with E-state index < -0.39 is 8.07 Å². The van der Waals surface area contributed by atoms with Gasteiger partial charge in [0.2, 0.25) is 5.95 Å². The smallest absolute Gasteiger partial charge is 0.264 e. The second-order valence-corrected chi connectivity index (χ2v) is 17.6. The average molecular weight is 555 g/mol. The molecule has 4 heterocycles. The van der Waals surface area contributed by atoms with Crippen LogP contribution in [0.15, 0.2) is 29.3 Å². The van der Waals surface area contributed by atoms with Crippen molar-refractivity contribution in [3.05, 3.63) is 39.9 Å². The van der Waals surface area contributed by atoms with Gasteiger partial charge < -0.3 is 14.2 Å². The topological polar surface area (TPSA) is 70.1 Å². The van der Waals surface area contributed by atoms with Crippen LogP contribution >= 0.6 is 11.6 Å². The van der Waals surface area contributed by atoms with Crippen molar-refractivity contribution in [2.75, 3.05) is 24.6 Å². The predicted molar refractivity (Wildman–Crippen MR) is 159 cm³/mol. The average Bonchev–Trinajstić information content (AvgIpc) is 3.35. The fourth-order valence-corrected chi connectivity index (χ4v) is 6.25. The zero-order chi connectivity index (χ0) is 27.0. The molecule has 1 aliphatic heterocycles. The van der Waals surface area contributed by atoms with Gasteiger partial charge in [0, 0.05) is 70.3 Å². The van der Waals surface area contributed by atoms with Gasteiger partial charge in [0.1, 0.15) is 6.73 Å². The standard InChI is InChI=1S/C28H39ClN6O2Si/c1-6-35-18-22-23(31-35)12-11-20(25(22)29)21-17-34(19-37-15-16-38(3,4)5)26-24(21)27(36)32(2)28(30-26)33-13-9-7-8-10-14-33/h11-12,17-18H,6-10,13-16,19H2,1-5H3. The summed E-state index contributed by atoms with van der Waals surface area (Å²) in [5.41, 5.74) is 3.01. The second kappa shape index (κ2) is 10.9. The van der Waals surface area contributed by atoms with Crippen LogP contribution in [0.3, 0.4) is 0 Å². The number of hydrogen-bond acceptors (Lipinski definition) is 5. The van der Waals surface area contributed by atoms with E-state index in [1.807, 2.05) is 47.7 Å². The van der Waals surface area contributed by atoms with Crippen LogP contribution in [0, 0.1) is 0 Å². The van der Waals surface area contributed by atoms with Gasteiger partial charge >= 0.3 is 0 Å². The van der Waals surface area contributed by atoms with Crippen LogP contribution < -0.4 is 10.5 Å². The number of rotatable bonds is 8. The molecule has 0 bridgehead atoms. The number of nitrogens with zero attached hydrogens (tertiary/aromatic N) is 6. The Morgan fingerprint density at radius 1 is 1.05 bits per heavy atom. The van der Waals surface area contributed by atoms with Gasteiger partial charge in [-0.3, -0.25) is 14.0 Å². The monoisotopic (exact) mass is 554 g/mol. The van der Waals surface area contributed by atoms with E-state index in [0.717, 1.165) is 66.5 Å². The maximum Gasteiger partial charge on any atom is 0.264 e. The Labute approximate surface area is 230 Å². The Kier molecular flexibility index (Phi) is 7.71. The third kappa shape index (κ3) is 5.28. The summed E-state index contributed by atoms with van der Waals surface area (Å²) in [6, 6.07) is 5.02. The maximum atomic E-state index is 14.0. The number of fused-ring (bicyclic) bond motifs is 2. The number of hydrogen-bond donors (Lipinski definition) is 0. The molecule has 4 aromatic rings. The lowest BCUT2D eigenvalue weighted by atomic mass is 10.0. The van der Waals surface area contributed by atoms with Gasteiger partial charge in [-0.25, -0.2) is 0 Å². The van der Waals surface area contributed by atoms with E-state index >= 15 is 0 Å². The first-order chi connectivity index (χ1) is 18.2. The molecule has 0 amide bonds. The van der Waals surface area contributed by atoms with Gasteiger partial charge in [-0.1, -0.05) is 50.1 Å². The minimum Gasteiger partial charge on any atom is -0.361 e. The normalized spacial score (nSPS) is 15.1. The summed E-state index contributed by atoms with van der Waals surface area (Å²) >= 11 is 6.97. The zero-order valence-corrected chi connectivity index (χ0v) is 25.0. The molecule has 1 fully saturated rings. The summed E-state index contributed by atoms with van der Waals surface area (Å²) < 4.78 is 11.7. The van der Waals surface area contributed by atoms with E-state index in [-0.39, 0.29) is 5.56 Å². The van der Waals surface area contributed by atoms with E-state index in [1.54, 1.807) is 4.57 Å². The maximum absolute atomic E-state index is 14.0. The van der Waals surface area contributed by atoms with Gasteiger partial charge in [-0.05, 0) is 31.9 Å². The molecule has 1 aromatic carbocycles. The van der Waals surface area contributed by atoms with Crippen LogP contribution in [0.4, 0.5) is 5.95 Å². The number of ether oxygens (including phenoxy) is 1. The van der Waals surface area contributed by atoms with E-state index in [4.69, 9.17) is 21.3 Å². The number of aromatic nitrogens is 5. The second-order valence-electron chi connectivity index (χ2n) is 11.6. The molecule has 0 aliphatic carbocycles. The molecule has 0 atom stereocenters. The fraction of sp³-hybridized carbons (Fsp3) is 0.536. The van der Waals surface area contributed by atoms with Crippen molar-refractivity contribution < 1.29 is 4.74 Å². The Balaban J connectivity index is 1.64. The van der Waals surface area contributed by atoms with E-state index in [9.17, 15) is 4.79 Å². The Hall–Kier alpha value is -2.62. The lowest BCUT2D eigenvalue weighted by molar-refractivity contribution is 0.0899. The number of anilines is 1. The summed E-state index contributed by atoms with van der Waals surface area (Å²) in [5, 5.41) is 6.64. The molecule has 1 aliphatic rings. The Bertz CT molecular complexity index is 1510. The van der Waals surface area contributed by atoms with Crippen molar-refractivity contribution >= 4 is 47.6 Å².